The van der Waals surface area contributed by atoms with Gasteiger partial charge in [0.05, 0.1) is 25.4 Å². The Morgan fingerprint density at radius 2 is 1.97 bits per heavy atom. The van der Waals surface area contributed by atoms with Crippen LogP contribution in [0.4, 0.5) is 0 Å². The smallest absolute Gasteiger partial charge is 0.254 e. The number of fused-ring (bicyclic) bond motifs is 4. The number of aliphatic hydroxyl groups is 1. The molecule has 5 rings (SSSR count). The van der Waals surface area contributed by atoms with Gasteiger partial charge in [-0.3, -0.25) is 9.59 Å². The van der Waals surface area contributed by atoms with Crippen LogP contribution in [-0.2, 0) is 20.8 Å². The quantitative estimate of drug-likeness (QED) is 0.744. The Balaban J connectivity index is 1.17. The maximum Gasteiger partial charge on any atom is 0.254 e. The molecular weight excluding hydrogens is 398 g/mol. The molecule has 31 heavy (non-hydrogen) atoms. The number of likely N-dealkylation sites (tertiary alicyclic amines) is 1. The van der Waals surface area contributed by atoms with Crippen molar-refractivity contribution in [1.82, 2.24) is 14.4 Å². The van der Waals surface area contributed by atoms with E-state index >= 15 is 0 Å². The molecule has 1 N–H and O–H groups in total. The summed E-state index contributed by atoms with van der Waals surface area (Å²) in [7, 11) is 0. The fourth-order valence-electron chi connectivity index (χ4n) is 5.78. The fourth-order valence-corrected chi connectivity index (χ4v) is 5.78. The third-order valence-electron chi connectivity index (χ3n) is 7.36. The van der Waals surface area contributed by atoms with Crippen molar-refractivity contribution in [3.05, 3.63) is 34.2 Å². The number of rotatable bonds is 4. The van der Waals surface area contributed by atoms with E-state index in [1.54, 1.807) is 11.0 Å². The molecule has 3 saturated heterocycles. The normalized spacial score (nSPS) is 33.7. The molecule has 0 aromatic carbocycles. The van der Waals surface area contributed by atoms with E-state index in [4.69, 9.17) is 9.47 Å². The van der Waals surface area contributed by atoms with Crippen molar-refractivity contribution in [2.45, 2.75) is 56.5 Å². The maximum atomic E-state index is 12.8. The molecule has 170 valence electrons. The summed E-state index contributed by atoms with van der Waals surface area (Å²) in [6, 6.07) is 5.63. The summed E-state index contributed by atoms with van der Waals surface area (Å²) in [6.45, 7) is 5.92. The van der Waals surface area contributed by atoms with Crippen LogP contribution in [0.25, 0.3) is 0 Å². The molecule has 0 radical (unpaired) electrons. The second kappa shape index (κ2) is 9.02. The van der Waals surface area contributed by atoms with Gasteiger partial charge in [0.15, 0.2) is 6.10 Å². The number of pyridine rings is 1. The second-order valence-corrected chi connectivity index (χ2v) is 9.51. The van der Waals surface area contributed by atoms with Gasteiger partial charge in [-0.25, -0.2) is 0 Å². The van der Waals surface area contributed by atoms with Crippen LogP contribution in [0.5, 0.6) is 0 Å². The summed E-state index contributed by atoms with van der Waals surface area (Å²) < 4.78 is 13.4. The third kappa shape index (κ3) is 4.44. The number of hydrogen-bond donors (Lipinski definition) is 1. The van der Waals surface area contributed by atoms with Gasteiger partial charge in [-0.15, -0.1) is 0 Å². The number of carbonyl (C=O) groups excluding carboxylic acids is 1. The van der Waals surface area contributed by atoms with Crippen LogP contribution in [0, 0.1) is 5.92 Å². The number of morpholine rings is 1. The van der Waals surface area contributed by atoms with Gasteiger partial charge in [-0.1, -0.05) is 6.07 Å². The SMILES string of the molecule is O=C([C@H]1O[C@@H](CCN2C[C@H]3C[C@H](C2)c2cccc(=O)n2C3)CC[C@@H]1O)N1CCOCC1. The van der Waals surface area contributed by atoms with Crippen LogP contribution < -0.4 is 5.56 Å². The van der Waals surface area contributed by atoms with E-state index in [0.29, 0.717) is 44.6 Å². The van der Waals surface area contributed by atoms with Crippen molar-refractivity contribution in [1.29, 1.82) is 0 Å². The zero-order valence-electron chi connectivity index (χ0n) is 18.0. The van der Waals surface area contributed by atoms with Gasteiger partial charge in [0.1, 0.15) is 0 Å². The average Bonchev–Trinajstić information content (AvgIpc) is 2.79. The van der Waals surface area contributed by atoms with E-state index in [9.17, 15) is 14.7 Å². The standard InChI is InChI=1S/C23H33N3O5/c27-20-5-4-18(31-22(20)23(29)25-8-10-30-11-9-25)6-7-24-13-16-12-17(15-24)19-2-1-3-21(28)26(19)14-16/h1-3,16-18,20,22,27H,4-15H2/t16-,17-,18-,20+,22+/m1/s1. The number of nitrogens with zero attached hydrogens (tertiary/aromatic N) is 3. The van der Waals surface area contributed by atoms with E-state index in [1.807, 2.05) is 10.6 Å². The van der Waals surface area contributed by atoms with Crippen LogP contribution in [0.3, 0.4) is 0 Å². The van der Waals surface area contributed by atoms with Crippen LogP contribution in [0.2, 0.25) is 0 Å². The molecule has 5 heterocycles. The number of amides is 1. The first-order valence-corrected chi connectivity index (χ1v) is 11.7. The first kappa shape index (κ1) is 21.1. The lowest BCUT2D eigenvalue weighted by Gasteiger charge is -2.43. The number of aromatic nitrogens is 1. The summed E-state index contributed by atoms with van der Waals surface area (Å²) in [5.41, 5.74) is 1.28. The average molecular weight is 432 g/mol. The zero-order chi connectivity index (χ0) is 21.4. The first-order valence-electron chi connectivity index (χ1n) is 11.7. The Morgan fingerprint density at radius 1 is 1.13 bits per heavy atom. The highest BCUT2D eigenvalue weighted by Crippen LogP contribution is 2.35. The fraction of sp³-hybridized carbons (Fsp3) is 0.739. The molecule has 2 bridgehead atoms. The van der Waals surface area contributed by atoms with Crippen LogP contribution >= 0.6 is 0 Å². The predicted molar refractivity (Wildman–Crippen MR) is 114 cm³/mol. The molecule has 8 heteroatoms. The molecule has 0 spiro atoms. The second-order valence-electron chi connectivity index (χ2n) is 9.51. The van der Waals surface area contributed by atoms with Crippen molar-refractivity contribution in [3.63, 3.8) is 0 Å². The molecule has 1 aromatic heterocycles. The Hall–Kier alpha value is -1.74. The molecule has 1 amide bonds. The zero-order valence-corrected chi connectivity index (χ0v) is 18.0. The first-order chi connectivity index (χ1) is 15.1. The third-order valence-corrected chi connectivity index (χ3v) is 7.36. The number of hydrogen-bond acceptors (Lipinski definition) is 6. The van der Waals surface area contributed by atoms with Gasteiger partial charge in [0, 0.05) is 56.9 Å². The van der Waals surface area contributed by atoms with Crippen molar-refractivity contribution >= 4 is 5.91 Å². The highest BCUT2D eigenvalue weighted by Gasteiger charge is 2.39. The van der Waals surface area contributed by atoms with E-state index in [1.165, 1.54) is 5.69 Å². The Bertz CT molecular complexity index is 852. The topological polar surface area (TPSA) is 84.2 Å². The van der Waals surface area contributed by atoms with Crippen molar-refractivity contribution < 1.29 is 19.4 Å². The van der Waals surface area contributed by atoms with E-state index in [-0.39, 0.29) is 17.6 Å². The minimum Gasteiger partial charge on any atom is -0.390 e. The lowest BCUT2D eigenvalue weighted by molar-refractivity contribution is -0.171. The van der Waals surface area contributed by atoms with Gasteiger partial charge in [0.2, 0.25) is 0 Å². The summed E-state index contributed by atoms with van der Waals surface area (Å²) in [5, 5.41) is 10.4. The predicted octanol–water partition coefficient (Wildman–Crippen LogP) is 0.425. The monoisotopic (exact) mass is 431 g/mol. The summed E-state index contributed by atoms with van der Waals surface area (Å²) in [6.07, 6.45) is 1.92. The molecule has 4 aliphatic rings. The lowest BCUT2D eigenvalue weighted by Crippen LogP contribution is -2.53. The highest BCUT2D eigenvalue weighted by atomic mass is 16.5. The molecule has 0 saturated carbocycles. The van der Waals surface area contributed by atoms with Crippen LogP contribution in [0.15, 0.2) is 23.0 Å². The number of carbonyl (C=O) groups is 1. The number of ether oxygens (including phenoxy) is 2. The Labute approximate surface area is 182 Å². The van der Waals surface area contributed by atoms with Gasteiger partial charge in [0.25, 0.3) is 11.5 Å². The van der Waals surface area contributed by atoms with Gasteiger partial charge >= 0.3 is 0 Å². The Kier molecular flexibility index (Phi) is 6.14. The van der Waals surface area contributed by atoms with Crippen molar-refractivity contribution in [2.75, 3.05) is 45.9 Å². The minimum absolute atomic E-state index is 0.00457. The van der Waals surface area contributed by atoms with Gasteiger partial charge in [-0.2, -0.15) is 0 Å². The van der Waals surface area contributed by atoms with E-state index in [2.05, 4.69) is 11.0 Å². The van der Waals surface area contributed by atoms with Crippen LogP contribution in [-0.4, -0.2) is 89.6 Å². The highest BCUT2D eigenvalue weighted by molar-refractivity contribution is 5.81. The summed E-state index contributed by atoms with van der Waals surface area (Å²) in [5.74, 6) is 0.817. The Morgan fingerprint density at radius 3 is 2.81 bits per heavy atom. The molecule has 5 atom stereocenters. The molecule has 8 nitrogen and oxygen atoms in total. The van der Waals surface area contributed by atoms with Gasteiger partial charge in [-0.05, 0) is 37.7 Å². The largest absolute Gasteiger partial charge is 0.390 e. The maximum absolute atomic E-state index is 12.8. The van der Waals surface area contributed by atoms with Crippen molar-refractivity contribution in [2.24, 2.45) is 5.92 Å². The minimum atomic E-state index is -0.753. The molecule has 1 aromatic rings. The summed E-state index contributed by atoms with van der Waals surface area (Å²) in [4.78, 5) is 29.3. The number of piperidine rings is 1. The molecule has 4 aliphatic heterocycles. The molecular formula is C23H33N3O5. The molecule has 0 unspecified atom stereocenters. The van der Waals surface area contributed by atoms with E-state index < -0.39 is 12.2 Å². The van der Waals surface area contributed by atoms with E-state index in [0.717, 1.165) is 45.4 Å². The lowest BCUT2D eigenvalue weighted by atomic mass is 9.83. The van der Waals surface area contributed by atoms with Crippen LogP contribution in [0.1, 0.15) is 37.3 Å². The van der Waals surface area contributed by atoms with Gasteiger partial charge < -0.3 is 28.9 Å². The molecule has 0 aliphatic carbocycles. The number of aliphatic hydroxyl groups excluding tert-OH is 1. The van der Waals surface area contributed by atoms with Crippen molar-refractivity contribution in [3.8, 4) is 0 Å². The molecule has 3 fully saturated rings. The summed E-state index contributed by atoms with van der Waals surface area (Å²) >= 11 is 0.